The Kier molecular flexibility index (Phi) is 6.58. The maximum Gasteiger partial charge on any atom is 0.315 e. The molecule has 6 nitrogen and oxygen atoms in total. The zero-order valence-electron chi connectivity index (χ0n) is 15.7. The third kappa shape index (κ3) is 5.26. The average Bonchev–Trinajstić information content (AvgIpc) is 3.31. The zero-order chi connectivity index (χ0) is 18.4. The van der Waals surface area contributed by atoms with Crippen LogP contribution in [-0.4, -0.2) is 35.5 Å². The largest absolute Gasteiger partial charge is 0.467 e. The summed E-state index contributed by atoms with van der Waals surface area (Å²) >= 11 is 0. The first-order valence-electron chi connectivity index (χ1n) is 10.0. The van der Waals surface area contributed by atoms with Gasteiger partial charge in [-0.15, -0.1) is 0 Å². The molecule has 3 rings (SSSR count). The predicted octanol–water partition coefficient (Wildman–Crippen LogP) is 3.74. The molecule has 1 aromatic heterocycles. The molecule has 2 N–H and O–H groups in total. The number of nitrogens with zero attached hydrogens (tertiary/aromatic N) is 1. The number of urea groups is 1. The highest BCUT2D eigenvalue weighted by atomic mass is 16.3. The van der Waals surface area contributed by atoms with Crippen molar-refractivity contribution in [1.29, 1.82) is 0 Å². The maximum absolute atomic E-state index is 12.7. The molecule has 0 saturated heterocycles. The van der Waals surface area contributed by atoms with Crippen LogP contribution in [0.2, 0.25) is 0 Å². The van der Waals surface area contributed by atoms with Gasteiger partial charge < -0.3 is 20.0 Å². The van der Waals surface area contributed by atoms with Gasteiger partial charge >= 0.3 is 6.03 Å². The number of hydrogen-bond donors (Lipinski definition) is 2. The number of amides is 3. The Hall–Kier alpha value is -1.98. The van der Waals surface area contributed by atoms with Gasteiger partial charge in [0, 0.05) is 25.0 Å². The molecule has 26 heavy (non-hydrogen) atoms. The Labute approximate surface area is 155 Å². The first-order valence-corrected chi connectivity index (χ1v) is 10.0. The molecule has 3 amide bonds. The first kappa shape index (κ1) is 18.8. The highest BCUT2D eigenvalue weighted by molar-refractivity contribution is 5.77. The summed E-state index contributed by atoms with van der Waals surface area (Å²) in [6, 6.07) is 4.29. The molecule has 2 fully saturated rings. The Bertz CT molecular complexity index is 577. The fourth-order valence-corrected chi connectivity index (χ4v) is 3.81. The minimum atomic E-state index is -0.104. The summed E-state index contributed by atoms with van der Waals surface area (Å²) in [7, 11) is 0. The summed E-state index contributed by atoms with van der Waals surface area (Å²) in [5.41, 5.74) is 0. The number of hydrogen-bond acceptors (Lipinski definition) is 3. The molecular formula is C20H31N3O3. The van der Waals surface area contributed by atoms with Crippen LogP contribution in [0.4, 0.5) is 4.79 Å². The van der Waals surface area contributed by atoms with Gasteiger partial charge in [0.2, 0.25) is 5.91 Å². The Balaban J connectivity index is 1.37. The predicted molar refractivity (Wildman–Crippen MR) is 99.6 cm³/mol. The minimum Gasteiger partial charge on any atom is -0.467 e. The summed E-state index contributed by atoms with van der Waals surface area (Å²) in [6.07, 6.45) is 10.7. The van der Waals surface area contributed by atoms with Gasteiger partial charge in [-0.2, -0.15) is 0 Å². The summed E-state index contributed by atoms with van der Waals surface area (Å²) in [5.74, 6) is 0.973. The average molecular weight is 361 g/mol. The van der Waals surface area contributed by atoms with E-state index in [1.54, 1.807) is 6.26 Å². The van der Waals surface area contributed by atoms with E-state index in [2.05, 4.69) is 10.6 Å². The van der Waals surface area contributed by atoms with E-state index in [4.69, 9.17) is 4.42 Å². The van der Waals surface area contributed by atoms with Crippen LogP contribution in [-0.2, 0) is 4.79 Å². The number of furan rings is 1. The SMILES string of the molecule is CC(c1ccco1)N(C(=O)CCCNC(=O)NC1CCCCC1)C1CC1. The van der Waals surface area contributed by atoms with E-state index in [0.717, 1.165) is 31.4 Å². The van der Waals surface area contributed by atoms with Gasteiger partial charge in [0.1, 0.15) is 5.76 Å². The standard InChI is InChI=1S/C20H31N3O3/c1-15(18-9-6-14-26-18)23(17-11-12-17)19(24)10-5-13-21-20(25)22-16-7-3-2-4-8-16/h6,9,14-17H,2-5,7-8,10-13H2,1H3,(H2,21,22,25). The second-order valence-electron chi connectivity index (χ2n) is 7.56. The van der Waals surface area contributed by atoms with Crippen molar-refractivity contribution in [2.24, 2.45) is 0 Å². The van der Waals surface area contributed by atoms with Crippen molar-refractivity contribution in [2.45, 2.75) is 82.8 Å². The number of carbonyl (C=O) groups is 2. The number of rotatable bonds is 8. The van der Waals surface area contributed by atoms with Gasteiger partial charge in [-0.25, -0.2) is 4.79 Å². The molecule has 1 heterocycles. The van der Waals surface area contributed by atoms with E-state index < -0.39 is 0 Å². The molecule has 0 spiro atoms. The molecule has 6 heteroatoms. The molecule has 1 atom stereocenters. The molecule has 0 bridgehead atoms. The van der Waals surface area contributed by atoms with Crippen molar-refractivity contribution in [3.63, 3.8) is 0 Å². The third-order valence-corrected chi connectivity index (χ3v) is 5.39. The monoisotopic (exact) mass is 361 g/mol. The Morgan fingerprint density at radius 2 is 2.00 bits per heavy atom. The van der Waals surface area contributed by atoms with Gasteiger partial charge in [0.25, 0.3) is 0 Å². The fourth-order valence-electron chi connectivity index (χ4n) is 3.81. The van der Waals surface area contributed by atoms with Crippen LogP contribution in [0.25, 0.3) is 0 Å². The third-order valence-electron chi connectivity index (χ3n) is 5.39. The fraction of sp³-hybridized carbons (Fsp3) is 0.700. The van der Waals surface area contributed by atoms with E-state index in [0.29, 0.717) is 31.5 Å². The van der Waals surface area contributed by atoms with Crippen LogP contribution in [0.1, 0.15) is 76.5 Å². The summed E-state index contributed by atoms with van der Waals surface area (Å²) < 4.78 is 5.47. The van der Waals surface area contributed by atoms with Crippen LogP contribution in [0, 0.1) is 0 Å². The summed E-state index contributed by atoms with van der Waals surface area (Å²) in [4.78, 5) is 26.6. The van der Waals surface area contributed by atoms with Crippen molar-refractivity contribution < 1.29 is 14.0 Å². The number of carbonyl (C=O) groups excluding carboxylic acids is 2. The van der Waals surface area contributed by atoms with E-state index in [-0.39, 0.29) is 18.0 Å². The lowest BCUT2D eigenvalue weighted by molar-refractivity contribution is -0.134. The second-order valence-corrected chi connectivity index (χ2v) is 7.56. The van der Waals surface area contributed by atoms with Gasteiger partial charge in [-0.1, -0.05) is 19.3 Å². The van der Waals surface area contributed by atoms with Crippen molar-refractivity contribution >= 4 is 11.9 Å². The highest BCUT2D eigenvalue weighted by Gasteiger charge is 2.36. The molecular weight excluding hydrogens is 330 g/mol. The van der Waals surface area contributed by atoms with Crippen molar-refractivity contribution in [2.75, 3.05) is 6.54 Å². The summed E-state index contributed by atoms with van der Waals surface area (Å²) in [5, 5.41) is 5.92. The molecule has 2 saturated carbocycles. The Morgan fingerprint density at radius 1 is 1.23 bits per heavy atom. The van der Waals surface area contributed by atoms with Gasteiger partial charge in [-0.3, -0.25) is 4.79 Å². The lowest BCUT2D eigenvalue weighted by atomic mass is 9.96. The van der Waals surface area contributed by atoms with Crippen molar-refractivity contribution in [3.05, 3.63) is 24.2 Å². The molecule has 0 radical (unpaired) electrons. The lowest BCUT2D eigenvalue weighted by Gasteiger charge is -2.28. The van der Waals surface area contributed by atoms with E-state index in [9.17, 15) is 9.59 Å². The van der Waals surface area contributed by atoms with E-state index in [1.807, 2.05) is 24.0 Å². The van der Waals surface area contributed by atoms with Crippen LogP contribution < -0.4 is 10.6 Å². The molecule has 144 valence electrons. The molecule has 0 aliphatic heterocycles. The smallest absolute Gasteiger partial charge is 0.315 e. The minimum absolute atomic E-state index is 0.0347. The zero-order valence-corrected chi connectivity index (χ0v) is 15.7. The molecule has 1 unspecified atom stereocenters. The van der Waals surface area contributed by atoms with E-state index >= 15 is 0 Å². The topological polar surface area (TPSA) is 74.6 Å². The van der Waals surface area contributed by atoms with Crippen LogP contribution in [0.5, 0.6) is 0 Å². The van der Waals surface area contributed by atoms with Gasteiger partial charge in [0.05, 0.1) is 12.3 Å². The lowest BCUT2D eigenvalue weighted by Crippen LogP contribution is -2.43. The van der Waals surface area contributed by atoms with Gasteiger partial charge in [-0.05, 0) is 51.2 Å². The second kappa shape index (κ2) is 9.10. The number of nitrogens with one attached hydrogen (secondary N) is 2. The van der Waals surface area contributed by atoms with Crippen molar-refractivity contribution in [3.8, 4) is 0 Å². The molecule has 1 aromatic rings. The van der Waals surface area contributed by atoms with Crippen LogP contribution in [0.15, 0.2) is 22.8 Å². The quantitative estimate of drug-likeness (QED) is 0.693. The van der Waals surface area contributed by atoms with Gasteiger partial charge in [0.15, 0.2) is 0 Å². The highest BCUT2D eigenvalue weighted by Crippen LogP contribution is 2.35. The van der Waals surface area contributed by atoms with Crippen molar-refractivity contribution in [1.82, 2.24) is 15.5 Å². The molecule has 2 aliphatic rings. The summed E-state index contributed by atoms with van der Waals surface area (Å²) in [6.45, 7) is 2.54. The molecule has 2 aliphatic carbocycles. The Morgan fingerprint density at radius 3 is 2.65 bits per heavy atom. The maximum atomic E-state index is 12.7. The normalized spacial score (nSPS) is 19.0. The van der Waals surface area contributed by atoms with Crippen LogP contribution in [0.3, 0.4) is 0 Å². The van der Waals surface area contributed by atoms with Crippen LogP contribution >= 0.6 is 0 Å². The first-order chi connectivity index (χ1) is 12.6. The van der Waals surface area contributed by atoms with E-state index in [1.165, 1.54) is 19.3 Å². The molecule has 0 aromatic carbocycles.